The summed E-state index contributed by atoms with van der Waals surface area (Å²) in [6, 6.07) is 13.3. The minimum atomic E-state index is -0.897. The number of guanidine groups is 1. The van der Waals surface area contributed by atoms with E-state index in [4.69, 9.17) is 11.5 Å². The number of hydrogen-bond acceptors (Lipinski definition) is 7. The lowest BCUT2D eigenvalue weighted by atomic mass is 10.0. The zero-order valence-electron chi connectivity index (χ0n) is 23.1. The van der Waals surface area contributed by atoms with Gasteiger partial charge in [-0.1, -0.05) is 42.5 Å². The number of primary amides is 1. The van der Waals surface area contributed by atoms with E-state index in [1.165, 1.54) is 24.0 Å². The van der Waals surface area contributed by atoms with Crippen LogP contribution < -0.4 is 27.4 Å². The van der Waals surface area contributed by atoms with Crippen LogP contribution in [-0.2, 0) is 32.0 Å². The van der Waals surface area contributed by atoms with Crippen molar-refractivity contribution >= 4 is 29.6 Å². The summed E-state index contributed by atoms with van der Waals surface area (Å²) in [4.78, 5) is 55.1. The highest BCUT2D eigenvalue weighted by Crippen LogP contribution is 2.12. The first-order valence-electron chi connectivity index (χ1n) is 12.9. The SMILES string of the molecule is CN[C@@H](CCCN=C(N)NC(=O)[C@H](Cc1ccc(O)cc1)NC(C)=O)C(=O)N(C)[C@@H](Cc1ccccc1)C(N)=O. The molecule has 3 atom stereocenters. The van der Waals surface area contributed by atoms with E-state index in [0.29, 0.717) is 19.3 Å². The second-order valence-corrected chi connectivity index (χ2v) is 9.42. The van der Waals surface area contributed by atoms with Crippen LogP contribution in [0.5, 0.6) is 5.75 Å². The number of nitrogens with one attached hydrogen (secondary N) is 3. The number of rotatable bonds is 14. The van der Waals surface area contributed by atoms with E-state index >= 15 is 0 Å². The van der Waals surface area contributed by atoms with E-state index < -0.39 is 29.9 Å². The maximum absolute atomic E-state index is 13.1. The summed E-state index contributed by atoms with van der Waals surface area (Å²) in [5.41, 5.74) is 13.1. The van der Waals surface area contributed by atoms with Gasteiger partial charge in [0, 0.05) is 33.4 Å². The van der Waals surface area contributed by atoms with Crippen LogP contribution in [0.15, 0.2) is 59.6 Å². The van der Waals surface area contributed by atoms with Crippen molar-refractivity contribution in [1.29, 1.82) is 0 Å². The number of phenolic OH excluding ortho intramolecular Hbond substituents is 1. The number of hydrogen-bond donors (Lipinski definition) is 6. The maximum Gasteiger partial charge on any atom is 0.249 e. The van der Waals surface area contributed by atoms with Gasteiger partial charge >= 0.3 is 0 Å². The number of carbonyl (C=O) groups is 4. The van der Waals surface area contributed by atoms with Gasteiger partial charge in [0.25, 0.3) is 0 Å². The monoisotopic (exact) mass is 553 g/mol. The van der Waals surface area contributed by atoms with Gasteiger partial charge in [-0.15, -0.1) is 0 Å². The number of aliphatic imine (C=N–C) groups is 1. The van der Waals surface area contributed by atoms with Crippen LogP contribution in [0, 0.1) is 0 Å². The quantitative estimate of drug-likeness (QED) is 0.106. The Balaban J connectivity index is 1.91. The number of likely N-dealkylation sites (N-methyl/N-ethyl adjacent to an activating group) is 2. The number of nitrogens with two attached hydrogens (primary N) is 2. The molecule has 0 aliphatic carbocycles. The Morgan fingerprint density at radius 2 is 1.57 bits per heavy atom. The third kappa shape index (κ3) is 10.4. The lowest BCUT2D eigenvalue weighted by Gasteiger charge is -2.29. The Bertz CT molecular complexity index is 1170. The van der Waals surface area contributed by atoms with Crippen molar-refractivity contribution in [2.45, 2.75) is 50.7 Å². The van der Waals surface area contributed by atoms with Gasteiger partial charge in [-0.2, -0.15) is 0 Å². The Labute approximate surface area is 234 Å². The average Bonchev–Trinajstić information content (AvgIpc) is 2.92. The van der Waals surface area contributed by atoms with Gasteiger partial charge in [-0.3, -0.25) is 29.5 Å². The maximum atomic E-state index is 13.1. The molecule has 0 spiro atoms. The van der Waals surface area contributed by atoms with Crippen LogP contribution in [0.2, 0.25) is 0 Å². The van der Waals surface area contributed by atoms with Crippen LogP contribution in [0.3, 0.4) is 0 Å². The first-order chi connectivity index (χ1) is 19.0. The fraction of sp³-hybridized carbons (Fsp3) is 0.393. The summed E-state index contributed by atoms with van der Waals surface area (Å²) >= 11 is 0. The molecule has 0 aromatic heterocycles. The van der Waals surface area contributed by atoms with Crippen LogP contribution >= 0.6 is 0 Å². The second-order valence-electron chi connectivity index (χ2n) is 9.42. The van der Waals surface area contributed by atoms with E-state index in [9.17, 15) is 24.3 Å². The fourth-order valence-electron chi connectivity index (χ4n) is 4.13. The Hall–Kier alpha value is -4.45. The number of amides is 4. The molecule has 12 nitrogen and oxygen atoms in total. The highest BCUT2D eigenvalue weighted by molar-refractivity contribution is 6.00. The zero-order valence-corrected chi connectivity index (χ0v) is 23.1. The Morgan fingerprint density at radius 3 is 2.15 bits per heavy atom. The smallest absolute Gasteiger partial charge is 0.249 e. The molecular formula is C28H39N7O5. The number of phenols is 1. The van der Waals surface area contributed by atoms with Gasteiger partial charge < -0.3 is 32.1 Å². The number of benzene rings is 2. The van der Waals surface area contributed by atoms with Gasteiger partial charge in [0.2, 0.25) is 23.6 Å². The first-order valence-corrected chi connectivity index (χ1v) is 12.9. The third-order valence-corrected chi connectivity index (χ3v) is 6.32. The summed E-state index contributed by atoms with van der Waals surface area (Å²) in [6.45, 7) is 1.53. The van der Waals surface area contributed by atoms with Crippen molar-refractivity contribution in [3.05, 3.63) is 65.7 Å². The molecule has 0 unspecified atom stereocenters. The van der Waals surface area contributed by atoms with Crippen molar-refractivity contribution < 1.29 is 24.3 Å². The summed E-state index contributed by atoms with van der Waals surface area (Å²) in [5, 5.41) is 17.5. The summed E-state index contributed by atoms with van der Waals surface area (Å²) in [6.07, 6.45) is 1.36. The van der Waals surface area contributed by atoms with Crippen LogP contribution in [0.4, 0.5) is 0 Å². The third-order valence-electron chi connectivity index (χ3n) is 6.32. The highest BCUT2D eigenvalue weighted by Gasteiger charge is 2.29. The van der Waals surface area contributed by atoms with Crippen molar-refractivity contribution in [1.82, 2.24) is 20.9 Å². The first kappa shape index (κ1) is 31.8. The van der Waals surface area contributed by atoms with Gasteiger partial charge in [-0.25, -0.2) is 0 Å². The molecule has 0 saturated heterocycles. The summed E-state index contributed by atoms with van der Waals surface area (Å²) < 4.78 is 0. The molecule has 4 amide bonds. The van der Waals surface area contributed by atoms with Gasteiger partial charge in [0.05, 0.1) is 6.04 Å². The minimum Gasteiger partial charge on any atom is -0.508 e. The summed E-state index contributed by atoms with van der Waals surface area (Å²) in [5.74, 6) is -1.82. The molecule has 0 aliphatic rings. The van der Waals surface area contributed by atoms with E-state index in [2.05, 4.69) is 20.9 Å². The van der Waals surface area contributed by atoms with E-state index in [1.807, 2.05) is 30.3 Å². The molecule has 0 radical (unpaired) electrons. The largest absolute Gasteiger partial charge is 0.508 e. The van der Waals surface area contributed by atoms with Gasteiger partial charge in [-0.05, 0) is 43.1 Å². The molecule has 0 saturated carbocycles. The van der Waals surface area contributed by atoms with Gasteiger partial charge in [0.15, 0.2) is 5.96 Å². The molecule has 40 heavy (non-hydrogen) atoms. The minimum absolute atomic E-state index is 0.0920. The Kier molecular flexibility index (Phi) is 12.6. The molecule has 0 heterocycles. The fourth-order valence-corrected chi connectivity index (χ4v) is 4.13. The zero-order chi connectivity index (χ0) is 29.7. The van der Waals surface area contributed by atoms with Crippen molar-refractivity contribution in [3.63, 3.8) is 0 Å². The summed E-state index contributed by atoms with van der Waals surface area (Å²) in [7, 11) is 3.21. The lowest BCUT2D eigenvalue weighted by molar-refractivity contribution is -0.139. The second kappa shape index (κ2) is 15.8. The van der Waals surface area contributed by atoms with Crippen molar-refractivity contribution in [3.8, 4) is 5.75 Å². The molecule has 8 N–H and O–H groups in total. The van der Waals surface area contributed by atoms with Gasteiger partial charge in [0.1, 0.15) is 17.8 Å². The van der Waals surface area contributed by atoms with Crippen LogP contribution in [-0.4, -0.2) is 78.4 Å². The number of aromatic hydroxyl groups is 1. The molecule has 2 aromatic rings. The highest BCUT2D eigenvalue weighted by atomic mass is 16.3. The predicted octanol–water partition coefficient (Wildman–Crippen LogP) is -0.206. The number of nitrogens with zero attached hydrogens (tertiary/aromatic N) is 2. The molecule has 0 fully saturated rings. The topological polar surface area (TPSA) is 192 Å². The molecule has 2 rings (SSSR count). The molecule has 216 valence electrons. The number of carbonyl (C=O) groups excluding carboxylic acids is 4. The van der Waals surface area contributed by atoms with Crippen molar-refractivity contribution in [2.75, 3.05) is 20.6 Å². The molecular weight excluding hydrogens is 514 g/mol. The standard InChI is InChI=1S/C28H39N7O5/c1-18(36)33-23(16-20-11-13-21(37)14-12-20)26(39)34-28(30)32-15-7-10-22(31-2)27(40)35(3)24(25(29)38)17-19-8-5-4-6-9-19/h4-6,8-9,11-14,22-24,31,37H,7,10,15-17H2,1-3H3,(H2,29,38)(H,33,36)(H3,30,32,34,39)/t22-,23-,24-/m0/s1. The average molecular weight is 554 g/mol. The molecule has 12 heteroatoms. The van der Waals surface area contributed by atoms with E-state index in [0.717, 1.165) is 11.1 Å². The molecule has 2 aromatic carbocycles. The lowest BCUT2D eigenvalue weighted by Crippen LogP contribution is -2.52. The molecule has 0 bridgehead atoms. The predicted molar refractivity (Wildman–Crippen MR) is 152 cm³/mol. The van der Waals surface area contributed by atoms with E-state index in [-0.39, 0.29) is 36.5 Å². The van der Waals surface area contributed by atoms with Crippen LogP contribution in [0.1, 0.15) is 30.9 Å². The normalized spacial score (nSPS) is 13.5. The Morgan fingerprint density at radius 1 is 0.950 bits per heavy atom. The molecule has 0 aliphatic heterocycles. The van der Waals surface area contributed by atoms with Crippen LogP contribution in [0.25, 0.3) is 0 Å². The van der Waals surface area contributed by atoms with Crippen molar-refractivity contribution in [2.24, 2.45) is 16.5 Å². The van der Waals surface area contributed by atoms with E-state index in [1.54, 1.807) is 26.2 Å².